The molecule has 6 N–H and O–H groups in total. The second-order valence-corrected chi connectivity index (χ2v) is 15.2. The average molecular weight is 746 g/mol. The van der Waals surface area contributed by atoms with Crippen LogP contribution in [-0.2, 0) is 31.1 Å². The van der Waals surface area contributed by atoms with Crippen LogP contribution in [0.25, 0.3) is 10.9 Å². The fourth-order valence-electron chi connectivity index (χ4n) is 5.63. The Morgan fingerprint density at radius 1 is 1.28 bits per heavy atom. The first-order chi connectivity index (χ1) is 23.8. The minimum atomic E-state index is -1.78. The molecule has 2 aromatic heterocycles. The van der Waals surface area contributed by atoms with E-state index in [2.05, 4.69) is 20.8 Å². The van der Waals surface area contributed by atoms with Crippen LogP contribution in [0.4, 0.5) is 15.2 Å². The van der Waals surface area contributed by atoms with Crippen LogP contribution >= 0.6 is 34.9 Å². The summed E-state index contributed by atoms with van der Waals surface area (Å²) < 4.78 is 17.3. The van der Waals surface area contributed by atoms with Crippen molar-refractivity contribution in [3.05, 3.63) is 52.6 Å². The number of oxime groups is 1. The number of nitrogens with zero attached hydrogens (tertiary/aromatic N) is 5. The lowest BCUT2D eigenvalue weighted by Crippen LogP contribution is -2.71. The molecule has 0 saturated carbocycles. The van der Waals surface area contributed by atoms with E-state index in [1.807, 2.05) is 34.8 Å². The largest absolute Gasteiger partial charge is 0.478 e. The number of β-lactam (4-membered cyclic amide) rings is 1. The molecule has 6 rings (SSSR count). The lowest BCUT2D eigenvalue weighted by Gasteiger charge is -2.49. The maximum Gasteiger partial charge on any atom is 0.352 e. The molecule has 50 heavy (non-hydrogen) atoms. The van der Waals surface area contributed by atoms with Crippen LogP contribution in [0, 0.1) is 5.82 Å². The van der Waals surface area contributed by atoms with Crippen molar-refractivity contribution in [1.29, 1.82) is 0 Å². The van der Waals surface area contributed by atoms with Gasteiger partial charge in [-0.15, -0.1) is 34.9 Å². The fourth-order valence-corrected chi connectivity index (χ4v) is 8.70. The molecule has 2 fully saturated rings. The number of nitrogen functional groups attached to an aromatic ring is 1. The van der Waals surface area contributed by atoms with Gasteiger partial charge in [0.15, 0.2) is 17.0 Å². The molecule has 2 saturated heterocycles. The van der Waals surface area contributed by atoms with E-state index in [0.717, 1.165) is 39.7 Å². The van der Waals surface area contributed by atoms with E-state index < -0.39 is 46.5 Å². The number of rotatable bonds is 11. The zero-order valence-electron chi connectivity index (χ0n) is 27.1. The number of fused-ring (bicyclic) bond motifs is 2. The van der Waals surface area contributed by atoms with Crippen LogP contribution in [0.2, 0.25) is 0 Å². The number of aryl methyl sites for hydroxylation is 1. The quantitative estimate of drug-likeness (QED) is 0.0620. The Kier molecular flexibility index (Phi) is 9.93. The standard InChI is InChI=1S/C31H33FN8O7S3/c1-31(2,29(45)46)47-37-22(18-14-50-30(33)35-18)25(41)36-23-26(42)40-24(28(43)44)15(13-49-27(23)40)12-48-21-4-7-38(3)19-11-20(17(32)10-16(19)21)39-8-5-34-6-9-39/h4,7,10-11,14,23,27,34H,5-6,8-9,12-13H2,1-3H3,(H4-,33,35,36,41,43,44,45,46)/p+1/b37-22-. The first-order valence-corrected chi connectivity index (χ1v) is 18.3. The number of carbonyl (C=O) groups excluding carboxylic acids is 2. The van der Waals surface area contributed by atoms with Gasteiger partial charge in [0.05, 0.1) is 11.1 Å². The average Bonchev–Trinajstić information content (AvgIpc) is 3.51. The molecule has 2 atom stereocenters. The number of benzene rings is 1. The van der Waals surface area contributed by atoms with E-state index in [1.54, 1.807) is 0 Å². The number of thiazole rings is 1. The Bertz CT molecular complexity index is 1960. The Hall–Kier alpha value is -4.46. The number of halogens is 1. The lowest BCUT2D eigenvalue weighted by atomic mass is 10.0. The minimum absolute atomic E-state index is 0.0125. The first-order valence-electron chi connectivity index (χ1n) is 15.4. The summed E-state index contributed by atoms with van der Waals surface area (Å²) in [5, 5.41) is 30.7. The van der Waals surface area contributed by atoms with E-state index in [-0.39, 0.29) is 33.8 Å². The number of hydrogen-bond donors (Lipinski definition) is 5. The molecule has 1 aromatic carbocycles. The van der Waals surface area contributed by atoms with Gasteiger partial charge in [0, 0.05) is 60.1 Å². The molecule has 0 bridgehead atoms. The maximum atomic E-state index is 15.4. The molecule has 15 nitrogen and oxygen atoms in total. The highest BCUT2D eigenvalue weighted by Crippen LogP contribution is 2.42. The zero-order valence-corrected chi connectivity index (χ0v) is 29.6. The number of amides is 2. The van der Waals surface area contributed by atoms with E-state index >= 15 is 4.39 Å². The van der Waals surface area contributed by atoms with Crippen LogP contribution in [0.1, 0.15) is 19.5 Å². The van der Waals surface area contributed by atoms with Crippen molar-refractivity contribution in [3.63, 3.8) is 0 Å². The smallest absolute Gasteiger partial charge is 0.352 e. The number of carboxylic acid groups (broad SMARTS) is 2. The van der Waals surface area contributed by atoms with Gasteiger partial charge in [0.25, 0.3) is 11.8 Å². The van der Waals surface area contributed by atoms with Crippen LogP contribution in [0.15, 0.2) is 51.1 Å². The summed E-state index contributed by atoms with van der Waals surface area (Å²) in [4.78, 5) is 63.9. The number of thioether (sulfide) groups is 2. The number of nitrogens with one attached hydrogen (secondary N) is 2. The van der Waals surface area contributed by atoms with Gasteiger partial charge in [-0.25, -0.2) is 23.5 Å². The number of piperazine rings is 1. The predicted octanol–water partition coefficient (Wildman–Crippen LogP) is 1.37. The highest BCUT2D eigenvalue weighted by molar-refractivity contribution is 8.01. The van der Waals surface area contributed by atoms with Crippen molar-refractivity contribution >= 4 is 86.0 Å². The summed E-state index contributed by atoms with van der Waals surface area (Å²) >= 11 is 3.66. The Balaban J connectivity index is 1.20. The summed E-state index contributed by atoms with van der Waals surface area (Å²) in [6, 6.07) is 4.11. The summed E-state index contributed by atoms with van der Waals surface area (Å²) in [7, 11) is 1.88. The van der Waals surface area contributed by atoms with Gasteiger partial charge in [-0.3, -0.25) is 14.5 Å². The highest BCUT2D eigenvalue weighted by atomic mass is 32.2. The van der Waals surface area contributed by atoms with Gasteiger partial charge < -0.3 is 36.3 Å². The Morgan fingerprint density at radius 3 is 2.68 bits per heavy atom. The molecule has 5 heterocycles. The van der Waals surface area contributed by atoms with Gasteiger partial charge in [-0.05, 0) is 25.5 Å². The molecule has 0 spiro atoms. The van der Waals surface area contributed by atoms with Gasteiger partial charge in [0.1, 0.15) is 35.7 Å². The zero-order chi connectivity index (χ0) is 35.9. The van der Waals surface area contributed by atoms with Crippen LogP contribution in [0.5, 0.6) is 0 Å². The number of anilines is 2. The van der Waals surface area contributed by atoms with Crippen molar-refractivity contribution in [1.82, 2.24) is 20.5 Å². The molecule has 3 aliphatic rings. The van der Waals surface area contributed by atoms with Crippen LogP contribution in [-0.4, -0.2) is 104 Å². The minimum Gasteiger partial charge on any atom is -0.478 e. The molecule has 3 aromatic rings. The molecular weight excluding hydrogens is 712 g/mol. The normalized spacial score (nSPS) is 19.7. The second kappa shape index (κ2) is 14.0. The SMILES string of the molecule is C[n+]1ccc(SCC2=C(C(=O)O)N3C(=O)C(NC(=O)/C(=N\OC(C)(C)C(=O)O)c4csc(N)n4)C3SC2)c2cc(F)c(N3CCNCC3)cc21. The number of pyridine rings is 1. The summed E-state index contributed by atoms with van der Waals surface area (Å²) in [6.07, 6.45) is 1.87. The maximum absolute atomic E-state index is 15.4. The monoisotopic (exact) mass is 745 g/mol. The van der Waals surface area contributed by atoms with Gasteiger partial charge >= 0.3 is 11.9 Å². The first kappa shape index (κ1) is 35.4. The van der Waals surface area contributed by atoms with Gasteiger partial charge in [0.2, 0.25) is 11.1 Å². The summed E-state index contributed by atoms with van der Waals surface area (Å²) in [5.74, 6) is -3.99. The van der Waals surface area contributed by atoms with Crippen molar-refractivity contribution in [2.45, 2.75) is 35.8 Å². The van der Waals surface area contributed by atoms with Crippen molar-refractivity contribution in [3.8, 4) is 0 Å². The fraction of sp³-hybridized carbons (Fsp3) is 0.387. The lowest BCUT2D eigenvalue weighted by molar-refractivity contribution is -0.645. The molecule has 0 aliphatic carbocycles. The van der Waals surface area contributed by atoms with Crippen LogP contribution in [0.3, 0.4) is 0 Å². The van der Waals surface area contributed by atoms with Crippen LogP contribution < -0.4 is 25.8 Å². The van der Waals surface area contributed by atoms with Crippen molar-refractivity contribution in [2.24, 2.45) is 12.2 Å². The number of aromatic nitrogens is 2. The van der Waals surface area contributed by atoms with Gasteiger partial charge in [-0.2, -0.15) is 0 Å². The third kappa shape index (κ3) is 6.81. The summed E-state index contributed by atoms with van der Waals surface area (Å²) in [6.45, 7) is 5.42. The number of carbonyl (C=O) groups is 4. The number of aliphatic carboxylic acids is 2. The van der Waals surface area contributed by atoms with E-state index in [4.69, 9.17) is 10.6 Å². The van der Waals surface area contributed by atoms with E-state index in [0.29, 0.717) is 29.7 Å². The second-order valence-electron chi connectivity index (χ2n) is 12.2. The van der Waals surface area contributed by atoms with Crippen molar-refractivity contribution < 1.29 is 43.2 Å². The Labute approximate surface area is 297 Å². The molecule has 2 amide bonds. The third-order valence-electron chi connectivity index (χ3n) is 8.42. The topological polar surface area (TPSA) is 204 Å². The third-order valence-corrected chi connectivity index (χ3v) is 11.6. The predicted molar refractivity (Wildman–Crippen MR) is 186 cm³/mol. The van der Waals surface area contributed by atoms with Gasteiger partial charge in [-0.1, -0.05) is 5.16 Å². The molecular formula is C31H34FN8O7S3+. The molecule has 0 radical (unpaired) electrons. The highest BCUT2D eigenvalue weighted by Gasteiger charge is 2.54. The Morgan fingerprint density at radius 2 is 2.02 bits per heavy atom. The molecule has 19 heteroatoms. The van der Waals surface area contributed by atoms with Crippen molar-refractivity contribution in [2.75, 3.05) is 48.3 Å². The van der Waals surface area contributed by atoms with E-state index in [1.165, 1.54) is 48.8 Å². The van der Waals surface area contributed by atoms with E-state index in [9.17, 15) is 29.4 Å². The summed E-state index contributed by atoms with van der Waals surface area (Å²) in [5.41, 5.74) is 5.26. The number of nitrogens with two attached hydrogens (primary N) is 1. The number of hydrogen-bond acceptors (Lipinski definition) is 13. The number of carboxylic acids is 2. The molecule has 3 aliphatic heterocycles. The molecule has 2 unspecified atom stereocenters. The molecule has 264 valence electrons.